The Kier molecular flexibility index (Phi) is 3.24. The maximum Gasteiger partial charge on any atom is 0.238 e. The van der Waals surface area contributed by atoms with E-state index in [4.69, 9.17) is 16.0 Å². The third kappa shape index (κ3) is 2.23. The number of hydrogen-bond acceptors (Lipinski definition) is 3. The zero-order valence-corrected chi connectivity index (χ0v) is 12.2. The molecule has 0 unspecified atom stereocenters. The lowest BCUT2D eigenvalue weighted by Gasteiger charge is -1.96. The highest BCUT2D eigenvalue weighted by molar-refractivity contribution is 9.10. The van der Waals surface area contributed by atoms with Crippen molar-refractivity contribution < 1.29 is 4.42 Å². The Balaban J connectivity index is 1.99. The average molecular weight is 341 g/mol. The molecule has 0 radical (unpaired) electrons. The van der Waals surface area contributed by atoms with Crippen molar-refractivity contribution in [2.75, 3.05) is 0 Å². The summed E-state index contributed by atoms with van der Waals surface area (Å²) >= 11 is 11.0. The van der Waals surface area contributed by atoms with Gasteiger partial charge in [-0.3, -0.25) is 0 Å². The van der Waals surface area contributed by atoms with Gasteiger partial charge in [0.2, 0.25) is 5.89 Å². The molecule has 0 aliphatic carbocycles. The standard InChI is InChI=1S/C13H7BrClNOS/c14-9-3-1-8(2-4-9)11-7-16-13(17-11)12-10(15)5-6-18-12/h1-7H. The Hall–Kier alpha value is -1.10. The van der Waals surface area contributed by atoms with Crippen molar-refractivity contribution in [3.8, 4) is 22.1 Å². The Morgan fingerprint density at radius 3 is 2.61 bits per heavy atom. The lowest BCUT2D eigenvalue weighted by atomic mass is 10.2. The molecule has 5 heteroatoms. The molecule has 0 saturated carbocycles. The summed E-state index contributed by atoms with van der Waals surface area (Å²) in [5.41, 5.74) is 0.990. The van der Waals surface area contributed by atoms with E-state index in [1.54, 1.807) is 6.20 Å². The number of oxazole rings is 1. The molecule has 3 rings (SSSR count). The van der Waals surface area contributed by atoms with Crippen molar-refractivity contribution in [3.63, 3.8) is 0 Å². The molecule has 2 aromatic heterocycles. The summed E-state index contributed by atoms with van der Waals surface area (Å²) in [6.45, 7) is 0. The number of hydrogen-bond donors (Lipinski definition) is 0. The van der Waals surface area contributed by atoms with Crippen LogP contribution in [0, 0.1) is 0 Å². The van der Waals surface area contributed by atoms with E-state index in [9.17, 15) is 0 Å². The summed E-state index contributed by atoms with van der Waals surface area (Å²) in [7, 11) is 0. The Labute approximate surface area is 121 Å². The molecule has 0 N–H and O–H groups in total. The van der Waals surface area contributed by atoms with Crippen LogP contribution in [0.1, 0.15) is 0 Å². The molecule has 0 fully saturated rings. The molecule has 0 saturated heterocycles. The number of thiophene rings is 1. The average Bonchev–Trinajstić information content (AvgIpc) is 2.98. The molecule has 2 heterocycles. The van der Waals surface area contributed by atoms with Crippen molar-refractivity contribution in [1.82, 2.24) is 4.98 Å². The Morgan fingerprint density at radius 1 is 1.17 bits per heavy atom. The fourth-order valence-electron chi connectivity index (χ4n) is 1.57. The molecule has 2 nitrogen and oxygen atoms in total. The first-order valence-electron chi connectivity index (χ1n) is 5.19. The fourth-order valence-corrected chi connectivity index (χ4v) is 2.91. The van der Waals surface area contributed by atoms with Gasteiger partial charge in [-0.05, 0) is 23.6 Å². The van der Waals surface area contributed by atoms with Gasteiger partial charge in [0.1, 0.15) is 4.88 Å². The maximum atomic E-state index is 6.05. The van der Waals surface area contributed by atoms with E-state index in [0.717, 1.165) is 20.7 Å². The second-order valence-electron chi connectivity index (χ2n) is 3.63. The van der Waals surface area contributed by atoms with Gasteiger partial charge in [-0.25, -0.2) is 4.98 Å². The minimum absolute atomic E-state index is 0.563. The summed E-state index contributed by atoms with van der Waals surface area (Å²) in [5.74, 6) is 1.30. The maximum absolute atomic E-state index is 6.05. The molecule has 0 aliphatic heterocycles. The molecule has 0 amide bonds. The molecule has 1 aromatic carbocycles. The van der Waals surface area contributed by atoms with Crippen LogP contribution < -0.4 is 0 Å². The predicted octanol–water partition coefficient (Wildman–Crippen LogP) is 5.49. The van der Waals surface area contributed by atoms with Crippen molar-refractivity contribution in [1.29, 1.82) is 0 Å². The number of aromatic nitrogens is 1. The third-order valence-corrected chi connectivity index (χ3v) is 4.30. The summed E-state index contributed by atoms with van der Waals surface area (Å²) in [5, 5.41) is 2.59. The minimum Gasteiger partial charge on any atom is -0.435 e. The molecule has 18 heavy (non-hydrogen) atoms. The van der Waals surface area contributed by atoms with E-state index in [2.05, 4.69) is 20.9 Å². The van der Waals surface area contributed by atoms with Crippen LogP contribution in [-0.4, -0.2) is 4.98 Å². The van der Waals surface area contributed by atoms with Crippen molar-refractivity contribution in [2.45, 2.75) is 0 Å². The Morgan fingerprint density at radius 2 is 1.94 bits per heavy atom. The number of benzene rings is 1. The summed E-state index contributed by atoms with van der Waals surface area (Å²) in [6.07, 6.45) is 1.72. The van der Waals surface area contributed by atoms with E-state index >= 15 is 0 Å². The van der Waals surface area contributed by atoms with Crippen LogP contribution >= 0.6 is 38.9 Å². The third-order valence-electron chi connectivity index (χ3n) is 2.45. The number of nitrogens with zero attached hydrogens (tertiary/aromatic N) is 1. The summed E-state index contributed by atoms with van der Waals surface area (Å²) in [6, 6.07) is 9.73. The SMILES string of the molecule is Clc1ccsc1-c1ncc(-c2ccc(Br)cc2)o1. The molecule has 3 aromatic rings. The van der Waals surface area contributed by atoms with Gasteiger partial charge in [0.15, 0.2) is 5.76 Å². The van der Waals surface area contributed by atoms with Crippen LogP contribution in [0.15, 0.2) is 50.8 Å². The second-order valence-corrected chi connectivity index (χ2v) is 5.87. The fraction of sp³-hybridized carbons (Fsp3) is 0. The van der Waals surface area contributed by atoms with Gasteiger partial charge in [-0.1, -0.05) is 39.7 Å². The highest BCUT2D eigenvalue weighted by atomic mass is 79.9. The summed E-state index contributed by atoms with van der Waals surface area (Å²) < 4.78 is 6.77. The van der Waals surface area contributed by atoms with Crippen LogP contribution in [-0.2, 0) is 0 Å². The van der Waals surface area contributed by atoms with Crippen molar-refractivity contribution in [2.24, 2.45) is 0 Å². The van der Waals surface area contributed by atoms with Crippen LogP contribution in [0.5, 0.6) is 0 Å². The molecule has 0 aliphatic rings. The quantitative estimate of drug-likeness (QED) is 0.617. The van der Waals surface area contributed by atoms with E-state index in [0.29, 0.717) is 10.9 Å². The monoisotopic (exact) mass is 339 g/mol. The van der Waals surface area contributed by atoms with Gasteiger partial charge in [-0.2, -0.15) is 0 Å². The topological polar surface area (TPSA) is 26.0 Å². The first kappa shape index (κ1) is 12.0. The van der Waals surface area contributed by atoms with Gasteiger partial charge in [0, 0.05) is 10.0 Å². The molecular weight excluding hydrogens is 334 g/mol. The molecule has 0 spiro atoms. The smallest absolute Gasteiger partial charge is 0.238 e. The zero-order chi connectivity index (χ0) is 12.5. The molecule has 0 bridgehead atoms. The molecule has 90 valence electrons. The number of halogens is 2. The second kappa shape index (κ2) is 4.88. The van der Waals surface area contributed by atoms with Crippen molar-refractivity contribution >= 4 is 38.9 Å². The lowest BCUT2D eigenvalue weighted by Crippen LogP contribution is -1.72. The van der Waals surface area contributed by atoms with Crippen LogP contribution in [0.3, 0.4) is 0 Å². The van der Waals surface area contributed by atoms with Crippen LogP contribution in [0.2, 0.25) is 5.02 Å². The van der Waals surface area contributed by atoms with Gasteiger partial charge >= 0.3 is 0 Å². The van der Waals surface area contributed by atoms with E-state index in [-0.39, 0.29) is 0 Å². The van der Waals surface area contributed by atoms with Gasteiger partial charge in [0.25, 0.3) is 0 Å². The predicted molar refractivity (Wildman–Crippen MR) is 78.0 cm³/mol. The lowest BCUT2D eigenvalue weighted by molar-refractivity contribution is 0.590. The largest absolute Gasteiger partial charge is 0.435 e. The van der Waals surface area contributed by atoms with E-state index in [1.165, 1.54) is 11.3 Å². The first-order chi connectivity index (χ1) is 8.74. The normalized spacial score (nSPS) is 10.8. The van der Waals surface area contributed by atoms with Gasteiger partial charge in [-0.15, -0.1) is 11.3 Å². The molecule has 0 atom stereocenters. The van der Waals surface area contributed by atoms with E-state index < -0.39 is 0 Å². The van der Waals surface area contributed by atoms with Crippen molar-refractivity contribution in [3.05, 3.63) is 51.4 Å². The Bertz CT molecular complexity index is 674. The zero-order valence-electron chi connectivity index (χ0n) is 9.06. The van der Waals surface area contributed by atoms with Crippen LogP contribution in [0.4, 0.5) is 0 Å². The van der Waals surface area contributed by atoms with Gasteiger partial charge < -0.3 is 4.42 Å². The highest BCUT2D eigenvalue weighted by Crippen LogP contribution is 2.34. The highest BCUT2D eigenvalue weighted by Gasteiger charge is 2.12. The van der Waals surface area contributed by atoms with Crippen LogP contribution in [0.25, 0.3) is 22.1 Å². The molecular formula is C13H7BrClNOS. The first-order valence-corrected chi connectivity index (χ1v) is 7.24. The summed E-state index contributed by atoms with van der Waals surface area (Å²) in [4.78, 5) is 5.13. The van der Waals surface area contributed by atoms with E-state index in [1.807, 2.05) is 35.7 Å². The number of rotatable bonds is 2. The van der Waals surface area contributed by atoms with Gasteiger partial charge in [0.05, 0.1) is 11.2 Å². The minimum atomic E-state index is 0.563.